The van der Waals surface area contributed by atoms with Crippen LogP contribution in [-0.2, 0) is 26.2 Å². The van der Waals surface area contributed by atoms with E-state index in [1.807, 2.05) is 32.9 Å². The first-order valence-corrected chi connectivity index (χ1v) is 13.3. The van der Waals surface area contributed by atoms with Crippen LogP contribution in [0.4, 0.5) is 0 Å². The molecule has 0 aromatic heterocycles. The molecule has 0 fully saturated rings. The maximum absolute atomic E-state index is 13.5. The molecule has 2 rings (SSSR count). The van der Waals surface area contributed by atoms with Crippen LogP contribution in [0.3, 0.4) is 0 Å². The lowest BCUT2D eigenvalue weighted by molar-refractivity contribution is -0.141. The number of amides is 2. The van der Waals surface area contributed by atoms with Gasteiger partial charge in [-0.3, -0.25) is 9.59 Å². The Morgan fingerprint density at radius 1 is 1.03 bits per heavy atom. The van der Waals surface area contributed by atoms with E-state index in [1.165, 1.54) is 36.2 Å². The lowest BCUT2D eigenvalue weighted by atomic mass is 10.1. The Hall–Kier alpha value is -2.62. The van der Waals surface area contributed by atoms with Gasteiger partial charge < -0.3 is 15.0 Å². The molecule has 0 heterocycles. The third-order valence-electron chi connectivity index (χ3n) is 5.78. The Morgan fingerprint density at radius 2 is 1.63 bits per heavy atom. The van der Waals surface area contributed by atoms with Gasteiger partial charge in [-0.2, -0.15) is 4.31 Å². The van der Waals surface area contributed by atoms with Crippen molar-refractivity contribution in [3.05, 3.63) is 59.1 Å². The summed E-state index contributed by atoms with van der Waals surface area (Å²) in [5, 5.41) is 3.35. The molecule has 0 saturated heterocycles. The highest BCUT2D eigenvalue weighted by atomic mass is 35.5. The number of methoxy groups -OCH3 is 1. The fourth-order valence-corrected chi connectivity index (χ4v) is 4.69. The number of hydrogen-bond donors (Lipinski definition) is 1. The summed E-state index contributed by atoms with van der Waals surface area (Å²) >= 11 is 5.88. The Kier molecular flexibility index (Phi) is 10.5. The lowest BCUT2D eigenvalue weighted by Gasteiger charge is -2.32. The van der Waals surface area contributed by atoms with Gasteiger partial charge in [0.25, 0.3) is 0 Å². The van der Waals surface area contributed by atoms with E-state index in [4.69, 9.17) is 16.3 Å². The van der Waals surface area contributed by atoms with Crippen LogP contribution in [0.5, 0.6) is 5.75 Å². The van der Waals surface area contributed by atoms with Crippen LogP contribution in [0.1, 0.15) is 39.2 Å². The van der Waals surface area contributed by atoms with E-state index in [2.05, 4.69) is 5.32 Å². The van der Waals surface area contributed by atoms with E-state index >= 15 is 0 Å². The number of likely N-dealkylation sites (N-methyl/N-ethyl adjacent to an activating group) is 1. The second-order valence-electron chi connectivity index (χ2n) is 8.33. The van der Waals surface area contributed by atoms with Gasteiger partial charge in [-0.25, -0.2) is 8.42 Å². The van der Waals surface area contributed by atoms with E-state index in [1.54, 1.807) is 19.2 Å². The fourth-order valence-electron chi connectivity index (χ4n) is 3.44. The summed E-state index contributed by atoms with van der Waals surface area (Å²) in [6.07, 6.45) is 1.12. The summed E-state index contributed by atoms with van der Waals surface area (Å²) in [6, 6.07) is 12.1. The minimum absolute atomic E-state index is 0.0282. The first kappa shape index (κ1) is 28.6. The second kappa shape index (κ2) is 12.9. The molecule has 0 spiro atoms. The number of ether oxygens (including phenoxy) is 1. The van der Waals surface area contributed by atoms with Crippen LogP contribution in [0, 0.1) is 0 Å². The van der Waals surface area contributed by atoms with Gasteiger partial charge in [0, 0.05) is 24.7 Å². The monoisotopic (exact) mass is 523 g/mol. The molecule has 0 aliphatic carbocycles. The zero-order chi connectivity index (χ0) is 26.2. The minimum atomic E-state index is -3.93. The largest absolute Gasteiger partial charge is 0.497 e. The molecule has 0 saturated carbocycles. The van der Waals surface area contributed by atoms with Crippen molar-refractivity contribution in [3.8, 4) is 5.75 Å². The summed E-state index contributed by atoms with van der Waals surface area (Å²) < 4.78 is 32.2. The molecular weight excluding hydrogens is 490 g/mol. The van der Waals surface area contributed by atoms with Crippen molar-refractivity contribution in [1.82, 2.24) is 14.5 Å². The zero-order valence-corrected chi connectivity index (χ0v) is 22.4. The summed E-state index contributed by atoms with van der Waals surface area (Å²) in [4.78, 5) is 28.0. The minimum Gasteiger partial charge on any atom is -0.497 e. The topological polar surface area (TPSA) is 96.0 Å². The van der Waals surface area contributed by atoms with Crippen molar-refractivity contribution in [2.45, 2.75) is 57.1 Å². The number of sulfonamides is 1. The number of carbonyl (C=O) groups excluding carboxylic acids is 2. The van der Waals surface area contributed by atoms with Crippen LogP contribution in [0.25, 0.3) is 0 Å². The van der Waals surface area contributed by atoms with Crippen molar-refractivity contribution in [2.24, 2.45) is 0 Å². The Balaban J connectivity index is 2.32. The van der Waals surface area contributed by atoms with Crippen LogP contribution in [-0.4, -0.2) is 62.2 Å². The average Bonchev–Trinajstić information content (AvgIpc) is 2.84. The number of benzene rings is 2. The van der Waals surface area contributed by atoms with Gasteiger partial charge in [-0.15, -0.1) is 0 Å². The Labute approximate surface area is 213 Å². The van der Waals surface area contributed by atoms with Crippen LogP contribution < -0.4 is 10.1 Å². The smallest absolute Gasteiger partial charge is 0.243 e. The summed E-state index contributed by atoms with van der Waals surface area (Å²) in [6.45, 7) is 5.40. The highest BCUT2D eigenvalue weighted by Gasteiger charge is 2.32. The number of nitrogens with zero attached hydrogens (tertiary/aromatic N) is 2. The van der Waals surface area contributed by atoms with Crippen LogP contribution >= 0.6 is 11.6 Å². The first-order valence-electron chi connectivity index (χ1n) is 11.5. The van der Waals surface area contributed by atoms with Gasteiger partial charge in [-0.1, -0.05) is 37.6 Å². The average molecular weight is 524 g/mol. The van der Waals surface area contributed by atoms with Crippen molar-refractivity contribution in [2.75, 3.05) is 20.7 Å². The molecule has 8 nitrogen and oxygen atoms in total. The van der Waals surface area contributed by atoms with Gasteiger partial charge in [0.1, 0.15) is 11.8 Å². The second-order valence-corrected chi connectivity index (χ2v) is 10.8. The summed E-state index contributed by atoms with van der Waals surface area (Å²) in [5.41, 5.74) is 0.789. The molecule has 2 amide bonds. The SMILES string of the molecule is CC[C@H](C(=O)N[C@@H](C)CC)N(Cc1ccc(OC)cc1)C(=O)CN(C)S(=O)(=O)c1ccc(Cl)cc1. The molecule has 35 heavy (non-hydrogen) atoms. The van der Waals surface area contributed by atoms with Crippen molar-refractivity contribution in [1.29, 1.82) is 0 Å². The fraction of sp³-hybridized carbons (Fsp3) is 0.440. The maximum Gasteiger partial charge on any atom is 0.243 e. The van der Waals surface area contributed by atoms with Gasteiger partial charge in [0.15, 0.2) is 0 Å². The van der Waals surface area contributed by atoms with E-state index in [0.29, 0.717) is 17.2 Å². The summed E-state index contributed by atoms with van der Waals surface area (Å²) in [5.74, 6) is -0.0825. The Morgan fingerprint density at radius 3 is 2.14 bits per heavy atom. The number of rotatable bonds is 12. The van der Waals surface area contributed by atoms with Crippen molar-refractivity contribution < 1.29 is 22.7 Å². The maximum atomic E-state index is 13.5. The number of hydrogen-bond acceptors (Lipinski definition) is 5. The molecule has 0 radical (unpaired) electrons. The van der Waals surface area contributed by atoms with Gasteiger partial charge in [0.2, 0.25) is 21.8 Å². The van der Waals surface area contributed by atoms with Crippen LogP contribution in [0.15, 0.2) is 53.4 Å². The van der Waals surface area contributed by atoms with Crippen molar-refractivity contribution >= 4 is 33.4 Å². The van der Waals surface area contributed by atoms with Crippen molar-refractivity contribution in [3.63, 3.8) is 0 Å². The normalized spacial score (nSPS) is 13.2. The van der Waals surface area contributed by atoms with Crippen LogP contribution in [0.2, 0.25) is 5.02 Å². The summed E-state index contributed by atoms with van der Waals surface area (Å²) in [7, 11) is -1.03. The van der Waals surface area contributed by atoms with E-state index in [9.17, 15) is 18.0 Å². The molecular formula is C25H34ClN3O5S. The molecule has 192 valence electrons. The third kappa shape index (κ3) is 7.68. The highest BCUT2D eigenvalue weighted by Crippen LogP contribution is 2.20. The van der Waals surface area contributed by atoms with E-state index < -0.39 is 28.5 Å². The standard InChI is InChI=1S/C25H34ClN3O5S/c1-6-18(3)27-25(31)23(7-2)29(16-19-8-12-21(34-5)13-9-19)24(30)17-28(4)35(32,33)22-14-10-20(26)11-15-22/h8-15,18,23H,6-7,16-17H2,1-5H3,(H,27,31)/t18-,23+/m0/s1. The van der Waals surface area contributed by atoms with Gasteiger partial charge >= 0.3 is 0 Å². The van der Waals surface area contributed by atoms with E-state index in [0.717, 1.165) is 16.3 Å². The van der Waals surface area contributed by atoms with Gasteiger partial charge in [-0.05, 0) is 61.7 Å². The third-order valence-corrected chi connectivity index (χ3v) is 7.85. The molecule has 2 aromatic rings. The molecule has 2 aromatic carbocycles. The predicted molar refractivity (Wildman–Crippen MR) is 137 cm³/mol. The molecule has 10 heteroatoms. The predicted octanol–water partition coefficient (Wildman–Crippen LogP) is 3.69. The Bertz CT molecular complexity index is 1090. The molecule has 0 unspecified atom stereocenters. The molecule has 0 bridgehead atoms. The highest BCUT2D eigenvalue weighted by molar-refractivity contribution is 7.89. The number of nitrogens with one attached hydrogen (secondary N) is 1. The lowest BCUT2D eigenvalue weighted by Crippen LogP contribution is -2.53. The quantitative estimate of drug-likeness (QED) is 0.457. The number of carbonyl (C=O) groups is 2. The number of halogens is 1. The molecule has 1 N–H and O–H groups in total. The van der Waals surface area contributed by atoms with Gasteiger partial charge in [0.05, 0.1) is 18.6 Å². The zero-order valence-electron chi connectivity index (χ0n) is 20.8. The molecule has 0 aliphatic heterocycles. The molecule has 2 atom stereocenters. The first-order chi connectivity index (χ1) is 16.5. The molecule has 0 aliphatic rings. The van der Waals surface area contributed by atoms with E-state index in [-0.39, 0.29) is 23.4 Å².